The molecule has 3 N–H and O–H groups in total. The van der Waals surface area contributed by atoms with Gasteiger partial charge in [-0.2, -0.15) is 13.2 Å². The minimum Gasteiger partial charge on any atom is -0.489 e. The van der Waals surface area contributed by atoms with Gasteiger partial charge in [-0.15, -0.1) is 0 Å². The average molecular weight is 510 g/mol. The van der Waals surface area contributed by atoms with E-state index >= 15 is 0 Å². The third kappa shape index (κ3) is 8.62. The molecular formula is C22H34F3N3O5S. The lowest BCUT2D eigenvalue weighted by Crippen LogP contribution is -2.34. The molecule has 1 aromatic rings. The number of hydrogen-bond acceptors (Lipinski definition) is 6. The second kappa shape index (κ2) is 12.6. The number of ether oxygens (including phenoxy) is 1. The fourth-order valence-electron chi connectivity index (χ4n) is 3.67. The lowest BCUT2D eigenvalue weighted by atomic mass is 10.1. The Morgan fingerprint density at radius 2 is 1.76 bits per heavy atom. The number of halogens is 3. The van der Waals surface area contributed by atoms with Crippen LogP contribution in [0, 0.1) is 0 Å². The minimum absolute atomic E-state index is 0.0934. The van der Waals surface area contributed by atoms with E-state index in [1.54, 1.807) is 0 Å². The quantitative estimate of drug-likeness (QED) is 0.344. The first kappa shape index (κ1) is 28.2. The van der Waals surface area contributed by atoms with Gasteiger partial charge >= 0.3 is 12.1 Å². The van der Waals surface area contributed by atoms with Crippen LogP contribution in [0.2, 0.25) is 0 Å². The standard InChI is InChI=1S/C22H34F3N3O5S/c1-28(2)34(31,32)20-14-17(21(29)30)19(33-16-8-12-26-13-9-16)15-18(20)27-11-7-5-3-4-6-10-22(23,24)25/h14-16,26-27H,3-13H2,1-2H3,(H,29,30). The van der Waals surface area contributed by atoms with E-state index in [4.69, 9.17) is 4.74 Å². The zero-order chi connectivity index (χ0) is 25.4. The number of unbranched alkanes of at least 4 members (excludes halogenated alkanes) is 4. The maximum Gasteiger partial charge on any atom is 0.389 e. The maximum atomic E-state index is 12.9. The molecule has 2 rings (SSSR count). The van der Waals surface area contributed by atoms with Gasteiger partial charge in [0.1, 0.15) is 22.3 Å². The van der Waals surface area contributed by atoms with E-state index in [0.29, 0.717) is 45.1 Å². The molecule has 1 aliphatic heterocycles. The number of benzene rings is 1. The number of carbonyl (C=O) groups is 1. The molecule has 0 spiro atoms. The van der Waals surface area contributed by atoms with Crippen LogP contribution in [0.3, 0.4) is 0 Å². The zero-order valence-corrected chi connectivity index (χ0v) is 20.4. The van der Waals surface area contributed by atoms with Gasteiger partial charge in [-0.1, -0.05) is 19.3 Å². The molecule has 0 atom stereocenters. The summed E-state index contributed by atoms with van der Waals surface area (Å²) in [5.74, 6) is -1.18. The smallest absolute Gasteiger partial charge is 0.389 e. The lowest BCUT2D eigenvalue weighted by Gasteiger charge is -2.26. The van der Waals surface area contributed by atoms with Crippen LogP contribution < -0.4 is 15.4 Å². The number of carboxylic acid groups (broad SMARTS) is 1. The number of hydrogen-bond donors (Lipinski definition) is 3. The summed E-state index contributed by atoms with van der Waals surface area (Å²) in [6, 6.07) is 2.54. The number of piperidine rings is 1. The van der Waals surface area contributed by atoms with Crippen LogP contribution in [-0.2, 0) is 10.0 Å². The first-order chi connectivity index (χ1) is 15.9. The third-order valence-corrected chi connectivity index (χ3v) is 7.46. The van der Waals surface area contributed by atoms with Crippen LogP contribution in [0.4, 0.5) is 18.9 Å². The van der Waals surface area contributed by atoms with Gasteiger partial charge in [-0.3, -0.25) is 0 Å². The molecule has 0 saturated carbocycles. The minimum atomic E-state index is -4.13. The van der Waals surface area contributed by atoms with E-state index < -0.39 is 28.6 Å². The summed E-state index contributed by atoms with van der Waals surface area (Å²) < 4.78 is 69.3. The van der Waals surface area contributed by atoms with Gasteiger partial charge in [0, 0.05) is 33.1 Å². The van der Waals surface area contributed by atoms with Crippen molar-refractivity contribution in [2.24, 2.45) is 0 Å². The molecule has 0 radical (unpaired) electrons. The average Bonchev–Trinajstić information content (AvgIpc) is 2.75. The van der Waals surface area contributed by atoms with Crippen molar-refractivity contribution in [2.75, 3.05) is 39.0 Å². The monoisotopic (exact) mass is 509 g/mol. The van der Waals surface area contributed by atoms with Gasteiger partial charge in [0.25, 0.3) is 0 Å². The van der Waals surface area contributed by atoms with E-state index in [1.807, 2.05) is 0 Å². The van der Waals surface area contributed by atoms with Crippen LogP contribution in [-0.4, -0.2) is 69.8 Å². The van der Waals surface area contributed by atoms with Crippen LogP contribution in [0.15, 0.2) is 17.0 Å². The number of rotatable bonds is 13. The van der Waals surface area contributed by atoms with Crippen molar-refractivity contribution in [2.45, 2.75) is 68.5 Å². The Morgan fingerprint density at radius 3 is 2.35 bits per heavy atom. The Morgan fingerprint density at radius 1 is 1.15 bits per heavy atom. The van der Waals surface area contributed by atoms with Gasteiger partial charge in [-0.05, 0) is 44.8 Å². The molecule has 34 heavy (non-hydrogen) atoms. The van der Waals surface area contributed by atoms with Gasteiger partial charge < -0.3 is 20.5 Å². The number of carboxylic acids is 1. The van der Waals surface area contributed by atoms with Gasteiger partial charge in [0.2, 0.25) is 10.0 Å². The highest BCUT2D eigenvalue weighted by molar-refractivity contribution is 7.89. The molecule has 0 aliphatic carbocycles. The molecule has 1 saturated heterocycles. The molecule has 0 amide bonds. The van der Waals surface area contributed by atoms with Crippen molar-refractivity contribution in [3.63, 3.8) is 0 Å². The maximum absolute atomic E-state index is 12.9. The Bertz CT molecular complexity index is 917. The molecule has 0 bridgehead atoms. The zero-order valence-electron chi connectivity index (χ0n) is 19.6. The Balaban J connectivity index is 2.13. The summed E-state index contributed by atoms with van der Waals surface area (Å²) in [6.45, 7) is 1.87. The Labute approximate surface area is 198 Å². The summed E-state index contributed by atoms with van der Waals surface area (Å²) in [7, 11) is -1.22. The van der Waals surface area contributed by atoms with Crippen LogP contribution in [0.1, 0.15) is 61.7 Å². The largest absolute Gasteiger partial charge is 0.489 e. The van der Waals surface area contributed by atoms with E-state index in [2.05, 4.69) is 10.6 Å². The van der Waals surface area contributed by atoms with E-state index in [9.17, 15) is 31.5 Å². The SMILES string of the molecule is CN(C)S(=O)(=O)c1cc(C(=O)O)c(OC2CCNCC2)cc1NCCCCCCCC(F)(F)F. The molecule has 1 heterocycles. The number of anilines is 1. The third-order valence-electron chi connectivity index (χ3n) is 5.60. The summed E-state index contributed by atoms with van der Waals surface area (Å²) >= 11 is 0. The van der Waals surface area contributed by atoms with Crippen LogP contribution in [0.5, 0.6) is 5.75 Å². The van der Waals surface area contributed by atoms with E-state index in [0.717, 1.165) is 23.5 Å². The highest BCUT2D eigenvalue weighted by Crippen LogP contribution is 2.33. The summed E-state index contributed by atoms with van der Waals surface area (Å²) in [5.41, 5.74) is 0.00822. The predicted molar refractivity (Wildman–Crippen MR) is 123 cm³/mol. The molecule has 0 aromatic heterocycles. The van der Waals surface area contributed by atoms with Crippen LogP contribution in [0.25, 0.3) is 0 Å². The molecule has 0 unspecified atom stereocenters. The van der Waals surface area contributed by atoms with Crippen molar-refractivity contribution in [1.29, 1.82) is 0 Å². The number of aromatic carboxylic acids is 1. The number of sulfonamides is 1. The highest BCUT2D eigenvalue weighted by Gasteiger charge is 2.28. The second-order valence-electron chi connectivity index (χ2n) is 8.56. The molecule has 8 nitrogen and oxygen atoms in total. The van der Waals surface area contributed by atoms with E-state index in [1.165, 1.54) is 20.2 Å². The van der Waals surface area contributed by atoms with Crippen LogP contribution >= 0.6 is 0 Å². The fraction of sp³-hybridized carbons (Fsp3) is 0.682. The summed E-state index contributed by atoms with van der Waals surface area (Å²) in [4.78, 5) is 11.7. The van der Waals surface area contributed by atoms with Crippen molar-refractivity contribution in [3.05, 3.63) is 17.7 Å². The molecule has 1 fully saturated rings. The van der Waals surface area contributed by atoms with Crippen molar-refractivity contribution in [1.82, 2.24) is 9.62 Å². The topological polar surface area (TPSA) is 108 Å². The Kier molecular flexibility index (Phi) is 10.4. The summed E-state index contributed by atoms with van der Waals surface area (Å²) in [6.07, 6.45) is -1.17. The van der Waals surface area contributed by atoms with Crippen molar-refractivity contribution < 1.29 is 36.2 Å². The number of nitrogens with one attached hydrogen (secondary N) is 2. The van der Waals surface area contributed by atoms with Gasteiger partial charge in [-0.25, -0.2) is 17.5 Å². The first-order valence-corrected chi connectivity index (χ1v) is 12.9. The predicted octanol–water partition coefficient (Wildman–Crippen LogP) is 4.08. The van der Waals surface area contributed by atoms with Gasteiger partial charge in [0.05, 0.1) is 5.69 Å². The molecular weight excluding hydrogens is 475 g/mol. The molecule has 194 valence electrons. The van der Waals surface area contributed by atoms with E-state index in [-0.39, 0.29) is 34.4 Å². The second-order valence-corrected chi connectivity index (χ2v) is 10.7. The van der Waals surface area contributed by atoms with Gasteiger partial charge in [0.15, 0.2) is 0 Å². The lowest BCUT2D eigenvalue weighted by molar-refractivity contribution is -0.135. The Hall–Kier alpha value is -2.05. The molecule has 12 heteroatoms. The highest BCUT2D eigenvalue weighted by atomic mass is 32.2. The fourth-order valence-corrected chi connectivity index (χ4v) is 4.74. The molecule has 1 aliphatic rings. The normalized spacial score (nSPS) is 15.5. The van der Waals surface area contributed by atoms with Crippen molar-refractivity contribution >= 4 is 21.7 Å². The molecule has 1 aromatic carbocycles. The number of alkyl halides is 3. The summed E-state index contributed by atoms with van der Waals surface area (Å²) in [5, 5.41) is 16.0. The van der Waals surface area contributed by atoms with Crippen molar-refractivity contribution in [3.8, 4) is 5.75 Å². The number of nitrogens with zero attached hydrogens (tertiary/aromatic N) is 1. The first-order valence-electron chi connectivity index (χ1n) is 11.4.